The molecular formula is C18H22FN. The summed E-state index contributed by atoms with van der Waals surface area (Å²) in [6.45, 7) is 4.37. The van der Waals surface area contributed by atoms with Gasteiger partial charge in [0.25, 0.3) is 0 Å². The van der Waals surface area contributed by atoms with Crippen LogP contribution in [0.15, 0.2) is 48.5 Å². The molecule has 0 bridgehead atoms. The first-order chi connectivity index (χ1) is 9.56. The summed E-state index contributed by atoms with van der Waals surface area (Å²) >= 11 is 0. The van der Waals surface area contributed by atoms with Crippen molar-refractivity contribution in [3.05, 3.63) is 71.0 Å². The standard InChI is InChI=1S/C18H22FN/c1-13(2)15-6-8-16(9-7-15)18(20)12-5-14-3-10-17(19)11-4-14/h3-4,6-11,13,18H,5,12,20H2,1-2H3. The van der Waals surface area contributed by atoms with Crippen LogP contribution in [0.3, 0.4) is 0 Å². The van der Waals surface area contributed by atoms with Gasteiger partial charge in [-0.05, 0) is 47.6 Å². The summed E-state index contributed by atoms with van der Waals surface area (Å²) in [6.07, 6.45) is 1.74. The predicted octanol–water partition coefficient (Wildman–Crippen LogP) is 4.58. The van der Waals surface area contributed by atoms with Crippen LogP contribution >= 0.6 is 0 Å². The number of rotatable bonds is 5. The second kappa shape index (κ2) is 6.67. The summed E-state index contributed by atoms with van der Waals surface area (Å²) in [5.41, 5.74) is 9.85. The van der Waals surface area contributed by atoms with Crippen molar-refractivity contribution in [2.45, 2.75) is 38.6 Å². The highest BCUT2D eigenvalue weighted by atomic mass is 19.1. The fourth-order valence-corrected chi connectivity index (χ4v) is 2.27. The molecule has 2 rings (SSSR count). The maximum Gasteiger partial charge on any atom is 0.123 e. The lowest BCUT2D eigenvalue weighted by Crippen LogP contribution is -2.11. The third-order valence-electron chi connectivity index (χ3n) is 3.69. The van der Waals surface area contributed by atoms with Crippen molar-refractivity contribution in [3.63, 3.8) is 0 Å². The van der Waals surface area contributed by atoms with E-state index in [9.17, 15) is 4.39 Å². The molecule has 2 aromatic carbocycles. The molecule has 2 heteroatoms. The lowest BCUT2D eigenvalue weighted by molar-refractivity contribution is 0.623. The molecular weight excluding hydrogens is 249 g/mol. The highest BCUT2D eigenvalue weighted by Crippen LogP contribution is 2.20. The zero-order valence-corrected chi connectivity index (χ0v) is 12.1. The van der Waals surface area contributed by atoms with Crippen LogP contribution in [-0.2, 0) is 6.42 Å². The molecule has 2 aromatic rings. The Labute approximate surface area is 120 Å². The van der Waals surface area contributed by atoms with E-state index < -0.39 is 0 Å². The van der Waals surface area contributed by atoms with Crippen LogP contribution in [0.1, 0.15) is 48.9 Å². The topological polar surface area (TPSA) is 26.0 Å². The molecule has 0 radical (unpaired) electrons. The minimum atomic E-state index is -0.192. The molecule has 1 unspecified atom stereocenters. The summed E-state index contributed by atoms with van der Waals surface area (Å²) in [7, 11) is 0. The van der Waals surface area contributed by atoms with Crippen LogP contribution in [-0.4, -0.2) is 0 Å². The number of aryl methyl sites for hydroxylation is 1. The Bertz CT molecular complexity index is 528. The van der Waals surface area contributed by atoms with Gasteiger partial charge in [-0.2, -0.15) is 0 Å². The van der Waals surface area contributed by atoms with Crippen LogP contribution < -0.4 is 5.73 Å². The molecule has 0 amide bonds. The number of nitrogens with two attached hydrogens (primary N) is 1. The maximum atomic E-state index is 12.8. The average molecular weight is 271 g/mol. The monoisotopic (exact) mass is 271 g/mol. The van der Waals surface area contributed by atoms with Crippen molar-refractivity contribution in [2.24, 2.45) is 5.73 Å². The Balaban J connectivity index is 1.94. The molecule has 0 saturated heterocycles. The summed E-state index contributed by atoms with van der Waals surface area (Å²) in [5, 5.41) is 0. The van der Waals surface area contributed by atoms with Gasteiger partial charge in [0.15, 0.2) is 0 Å². The van der Waals surface area contributed by atoms with Gasteiger partial charge >= 0.3 is 0 Å². The lowest BCUT2D eigenvalue weighted by Gasteiger charge is -2.13. The largest absolute Gasteiger partial charge is 0.324 e. The number of hydrogen-bond acceptors (Lipinski definition) is 1. The van der Waals surface area contributed by atoms with Crippen molar-refractivity contribution < 1.29 is 4.39 Å². The van der Waals surface area contributed by atoms with Crippen LogP contribution in [0.25, 0.3) is 0 Å². The summed E-state index contributed by atoms with van der Waals surface area (Å²) < 4.78 is 12.8. The van der Waals surface area contributed by atoms with E-state index in [2.05, 4.69) is 38.1 Å². The van der Waals surface area contributed by atoms with Gasteiger partial charge in [-0.15, -0.1) is 0 Å². The number of hydrogen-bond donors (Lipinski definition) is 1. The molecule has 106 valence electrons. The average Bonchev–Trinajstić information content (AvgIpc) is 2.46. The molecule has 0 saturated carbocycles. The molecule has 1 atom stereocenters. The number of halogens is 1. The number of benzene rings is 2. The summed E-state index contributed by atoms with van der Waals surface area (Å²) in [4.78, 5) is 0. The summed E-state index contributed by atoms with van der Waals surface area (Å²) in [5.74, 6) is 0.349. The molecule has 20 heavy (non-hydrogen) atoms. The van der Waals surface area contributed by atoms with E-state index in [1.54, 1.807) is 0 Å². The first-order valence-corrected chi connectivity index (χ1v) is 7.16. The quantitative estimate of drug-likeness (QED) is 0.846. The van der Waals surface area contributed by atoms with E-state index in [1.807, 2.05) is 12.1 Å². The Kier molecular flexibility index (Phi) is 4.91. The van der Waals surface area contributed by atoms with Gasteiger partial charge in [0, 0.05) is 6.04 Å². The van der Waals surface area contributed by atoms with Crippen molar-refractivity contribution in [3.8, 4) is 0 Å². The van der Waals surface area contributed by atoms with E-state index in [1.165, 1.54) is 17.7 Å². The minimum Gasteiger partial charge on any atom is -0.324 e. The zero-order chi connectivity index (χ0) is 14.5. The molecule has 0 heterocycles. The molecule has 0 aromatic heterocycles. The Morgan fingerprint density at radius 3 is 2.00 bits per heavy atom. The van der Waals surface area contributed by atoms with E-state index >= 15 is 0 Å². The second-order valence-corrected chi connectivity index (χ2v) is 5.59. The molecule has 0 aliphatic rings. The SMILES string of the molecule is CC(C)c1ccc(C(N)CCc2ccc(F)cc2)cc1. The first-order valence-electron chi connectivity index (χ1n) is 7.16. The van der Waals surface area contributed by atoms with Crippen LogP contribution in [0.2, 0.25) is 0 Å². The van der Waals surface area contributed by atoms with Crippen molar-refractivity contribution in [1.29, 1.82) is 0 Å². The molecule has 0 fully saturated rings. The second-order valence-electron chi connectivity index (χ2n) is 5.59. The highest BCUT2D eigenvalue weighted by Gasteiger charge is 2.07. The van der Waals surface area contributed by atoms with E-state index in [0.29, 0.717) is 5.92 Å². The lowest BCUT2D eigenvalue weighted by atomic mass is 9.96. The molecule has 2 N–H and O–H groups in total. The fraction of sp³-hybridized carbons (Fsp3) is 0.333. The van der Waals surface area contributed by atoms with Gasteiger partial charge in [0.05, 0.1) is 0 Å². The van der Waals surface area contributed by atoms with Crippen molar-refractivity contribution in [2.75, 3.05) is 0 Å². The van der Waals surface area contributed by atoms with E-state index in [0.717, 1.165) is 24.0 Å². The van der Waals surface area contributed by atoms with Crippen molar-refractivity contribution in [1.82, 2.24) is 0 Å². The predicted molar refractivity (Wildman–Crippen MR) is 82.2 cm³/mol. The van der Waals surface area contributed by atoms with Gasteiger partial charge in [-0.3, -0.25) is 0 Å². The molecule has 0 aliphatic carbocycles. The Morgan fingerprint density at radius 2 is 1.45 bits per heavy atom. The minimum absolute atomic E-state index is 0.0289. The molecule has 0 spiro atoms. The van der Waals surface area contributed by atoms with Crippen molar-refractivity contribution >= 4 is 0 Å². The maximum absolute atomic E-state index is 12.8. The molecule has 0 aliphatic heterocycles. The highest BCUT2D eigenvalue weighted by molar-refractivity contribution is 5.27. The Morgan fingerprint density at radius 1 is 0.900 bits per heavy atom. The van der Waals surface area contributed by atoms with Crippen LogP contribution in [0.5, 0.6) is 0 Å². The normalized spacial score (nSPS) is 12.7. The van der Waals surface area contributed by atoms with Gasteiger partial charge < -0.3 is 5.73 Å². The third kappa shape index (κ3) is 3.91. The van der Waals surface area contributed by atoms with Gasteiger partial charge in [0.2, 0.25) is 0 Å². The van der Waals surface area contributed by atoms with Gasteiger partial charge in [0.1, 0.15) is 5.82 Å². The summed E-state index contributed by atoms with van der Waals surface area (Å²) in [6, 6.07) is 15.2. The van der Waals surface area contributed by atoms with E-state index in [4.69, 9.17) is 5.73 Å². The van der Waals surface area contributed by atoms with E-state index in [-0.39, 0.29) is 11.9 Å². The zero-order valence-electron chi connectivity index (χ0n) is 12.1. The fourth-order valence-electron chi connectivity index (χ4n) is 2.27. The van der Waals surface area contributed by atoms with Crippen LogP contribution in [0, 0.1) is 5.82 Å². The first kappa shape index (κ1) is 14.7. The Hall–Kier alpha value is -1.67. The third-order valence-corrected chi connectivity index (χ3v) is 3.69. The molecule has 1 nitrogen and oxygen atoms in total. The van der Waals surface area contributed by atoms with Crippen LogP contribution in [0.4, 0.5) is 4.39 Å². The van der Waals surface area contributed by atoms with Gasteiger partial charge in [-0.25, -0.2) is 4.39 Å². The smallest absolute Gasteiger partial charge is 0.123 e. The van der Waals surface area contributed by atoms with Gasteiger partial charge in [-0.1, -0.05) is 50.2 Å².